The SMILES string of the molecule is CC[C@@H](N)CC1=CC=CC1. The van der Waals surface area contributed by atoms with E-state index in [1.165, 1.54) is 5.57 Å². The smallest absolute Gasteiger partial charge is 0.00736 e. The summed E-state index contributed by atoms with van der Waals surface area (Å²) >= 11 is 0. The highest BCUT2D eigenvalue weighted by Crippen LogP contribution is 2.16. The van der Waals surface area contributed by atoms with Gasteiger partial charge in [0.2, 0.25) is 0 Å². The number of allylic oxidation sites excluding steroid dienone is 3. The van der Waals surface area contributed by atoms with Gasteiger partial charge in [-0.3, -0.25) is 0 Å². The topological polar surface area (TPSA) is 26.0 Å². The van der Waals surface area contributed by atoms with Gasteiger partial charge in [0.25, 0.3) is 0 Å². The van der Waals surface area contributed by atoms with Crippen molar-refractivity contribution in [3.63, 3.8) is 0 Å². The largest absolute Gasteiger partial charge is 0.327 e. The van der Waals surface area contributed by atoms with E-state index in [0.717, 1.165) is 19.3 Å². The molecule has 10 heavy (non-hydrogen) atoms. The molecule has 0 bridgehead atoms. The molecule has 0 heterocycles. The lowest BCUT2D eigenvalue weighted by atomic mass is 10.0. The maximum absolute atomic E-state index is 5.78. The molecule has 0 spiro atoms. The molecule has 1 aliphatic carbocycles. The summed E-state index contributed by atoms with van der Waals surface area (Å²) in [6.45, 7) is 2.13. The molecule has 0 saturated carbocycles. The molecule has 0 aliphatic heterocycles. The van der Waals surface area contributed by atoms with E-state index in [1.54, 1.807) is 0 Å². The Morgan fingerprint density at radius 3 is 3.00 bits per heavy atom. The second kappa shape index (κ2) is 3.57. The maximum atomic E-state index is 5.78. The summed E-state index contributed by atoms with van der Waals surface area (Å²) in [6.07, 6.45) is 9.74. The van der Waals surface area contributed by atoms with Crippen molar-refractivity contribution in [1.29, 1.82) is 0 Å². The first-order valence-corrected chi connectivity index (χ1v) is 3.93. The van der Waals surface area contributed by atoms with E-state index in [9.17, 15) is 0 Å². The van der Waals surface area contributed by atoms with Gasteiger partial charge in [-0.05, 0) is 19.3 Å². The predicted octanol–water partition coefficient (Wildman–Crippen LogP) is 2.00. The average Bonchev–Trinajstić information content (AvgIpc) is 2.40. The van der Waals surface area contributed by atoms with Crippen molar-refractivity contribution in [3.05, 3.63) is 23.8 Å². The third kappa shape index (κ3) is 1.99. The highest BCUT2D eigenvalue weighted by atomic mass is 14.6. The Labute approximate surface area is 62.6 Å². The maximum Gasteiger partial charge on any atom is 0.00736 e. The van der Waals surface area contributed by atoms with Crippen LogP contribution >= 0.6 is 0 Å². The first-order valence-electron chi connectivity index (χ1n) is 3.93. The van der Waals surface area contributed by atoms with Crippen LogP contribution in [0.3, 0.4) is 0 Å². The first-order chi connectivity index (χ1) is 4.83. The van der Waals surface area contributed by atoms with Gasteiger partial charge in [0.05, 0.1) is 0 Å². The van der Waals surface area contributed by atoms with Crippen LogP contribution in [0, 0.1) is 0 Å². The van der Waals surface area contributed by atoms with Crippen LogP contribution < -0.4 is 5.73 Å². The van der Waals surface area contributed by atoms with Crippen molar-refractivity contribution >= 4 is 0 Å². The normalized spacial score (nSPS) is 19.2. The molecule has 1 heteroatoms. The highest BCUT2D eigenvalue weighted by molar-refractivity contribution is 5.23. The molecule has 1 rings (SSSR count). The number of hydrogen-bond donors (Lipinski definition) is 1. The van der Waals surface area contributed by atoms with Crippen LogP contribution in [0.25, 0.3) is 0 Å². The zero-order valence-electron chi connectivity index (χ0n) is 6.51. The van der Waals surface area contributed by atoms with E-state index in [2.05, 4.69) is 25.2 Å². The van der Waals surface area contributed by atoms with E-state index >= 15 is 0 Å². The molecule has 56 valence electrons. The van der Waals surface area contributed by atoms with Gasteiger partial charge in [-0.15, -0.1) is 0 Å². The van der Waals surface area contributed by atoms with E-state index in [-0.39, 0.29) is 0 Å². The highest BCUT2D eigenvalue weighted by Gasteiger charge is 2.04. The Hall–Kier alpha value is -0.560. The first kappa shape index (κ1) is 7.55. The summed E-state index contributed by atoms with van der Waals surface area (Å²) in [7, 11) is 0. The zero-order chi connectivity index (χ0) is 7.40. The van der Waals surface area contributed by atoms with Gasteiger partial charge in [-0.1, -0.05) is 30.7 Å². The van der Waals surface area contributed by atoms with Gasteiger partial charge in [-0.25, -0.2) is 0 Å². The van der Waals surface area contributed by atoms with Gasteiger partial charge in [0.15, 0.2) is 0 Å². The summed E-state index contributed by atoms with van der Waals surface area (Å²) in [5.74, 6) is 0. The Morgan fingerprint density at radius 1 is 1.70 bits per heavy atom. The van der Waals surface area contributed by atoms with Crippen LogP contribution in [-0.4, -0.2) is 6.04 Å². The summed E-state index contributed by atoms with van der Waals surface area (Å²) in [4.78, 5) is 0. The van der Waals surface area contributed by atoms with Crippen LogP contribution in [0.4, 0.5) is 0 Å². The number of hydrogen-bond acceptors (Lipinski definition) is 1. The van der Waals surface area contributed by atoms with Crippen LogP contribution in [0.5, 0.6) is 0 Å². The Morgan fingerprint density at radius 2 is 2.50 bits per heavy atom. The Balaban J connectivity index is 2.26. The second-order valence-corrected chi connectivity index (χ2v) is 2.83. The quantitative estimate of drug-likeness (QED) is 0.632. The van der Waals surface area contributed by atoms with Crippen molar-refractivity contribution in [3.8, 4) is 0 Å². The summed E-state index contributed by atoms with van der Waals surface area (Å²) in [5, 5.41) is 0. The molecule has 0 saturated heterocycles. The lowest BCUT2D eigenvalue weighted by Crippen LogP contribution is -2.18. The van der Waals surface area contributed by atoms with Gasteiger partial charge >= 0.3 is 0 Å². The minimum absolute atomic E-state index is 0.367. The minimum atomic E-state index is 0.367. The molecule has 2 N–H and O–H groups in total. The van der Waals surface area contributed by atoms with Gasteiger partial charge in [-0.2, -0.15) is 0 Å². The standard InChI is InChI=1S/C9H15N/c1-2-9(10)7-8-5-3-4-6-8/h3-5,9H,2,6-7,10H2,1H3/t9-/m1/s1. The molecule has 1 nitrogen and oxygen atoms in total. The van der Waals surface area contributed by atoms with Crippen LogP contribution in [0.15, 0.2) is 23.8 Å². The number of rotatable bonds is 3. The lowest BCUT2D eigenvalue weighted by Gasteiger charge is -2.08. The fourth-order valence-corrected chi connectivity index (χ4v) is 1.12. The van der Waals surface area contributed by atoms with Crippen LogP contribution in [0.1, 0.15) is 26.2 Å². The summed E-state index contributed by atoms with van der Waals surface area (Å²) in [6, 6.07) is 0.367. The minimum Gasteiger partial charge on any atom is -0.327 e. The van der Waals surface area contributed by atoms with Crippen molar-refractivity contribution in [2.75, 3.05) is 0 Å². The van der Waals surface area contributed by atoms with Crippen LogP contribution in [-0.2, 0) is 0 Å². The van der Waals surface area contributed by atoms with Crippen molar-refractivity contribution < 1.29 is 0 Å². The van der Waals surface area contributed by atoms with Gasteiger partial charge in [0.1, 0.15) is 0 Å². The zero-order valence-corrected chi connectivity index (χ0v) is 6.51. The second-order valence-electron chi connectivity index (χ2n) is 2.83. The third-order valence-electron chi connectivity index (χ3n) is 1.90. The van der Waals surface area contributed by atoms with E-state index in [4.69, 9.17) is 5.73 Å². The lowest BCUT2D eigenvalue weighted by molar-refractivity contribution is 0.638. The molecule has 0 aromatic heterocycles. The van der Waals surface area contributed by atoms with Crippen molar-refractivity contribution in [1.82, 2.24) is 0 Å². The third-order valence-corrected chi connectivity index (χ3v) is 1.90. The number of nitrogens with two attached hydrogens (primary N) is 1. The van der Waals surface area contributed by atoms with Crippen LogP contribution in [0.2, 0.25) is 0 Å². The van der Waals surface area contributed by atoms with Crippen molar-refractivity contribution in [2.24, 2.45) is 5.73 Å². The van der Waals surface area contributed by atoms with E-state index < -0.39 is 0 Å². The predicted molar refractivity (Wildman–Crippen MR) is 44.7 cm³/mol. The molecule has 0 amide bonds. The molecular formula is C9H15N. The molecule has 0 fully saturated rings. The van der Waals surface area contributed by atoms with E-state index in [1.807, 2.05) is 0 Å². The molecule has 0 radical (unpaired) electrons. The fourth-order valence-electron chi connectivity index (χ4n) is 1.12. The monoisotopic (exact) mass is 137 g/mol. The van der Waals surface area contributed by atoms with Crippen molar-refractivity contribution in [2.45, 2.75) is 32.2 Å². The molecule has 0 aromatic carbocycles. The average molecular weight is 137 g/mol. The van der Waals surface area contributed by atoms with E-state index in [0.29, 0.717) is 6.04 Å². The molecule has 0 aromatic rings. The molecule has 1 atom stereocenters. The molecular weight excluding hydrogens is 122 g/mol. The summed E-state index contributed by atoms with van der Waals surface area (Å²) < 4.78 is 0. The van der Waals surface area contributed by atoms with Gasteiger partial charge < -0.3 is 5.73 Å². The molecule has 0 unspecified atom stereocenters. The Kier molecular flexibility index (Phi) is 2.69. The summed E-state index contributed by atoms with van der Waals surface area (Å²) in [5.41, 5.74) is 7.27. The molecule has 1 aliphatic rings. The Bertz CT molecular complexity index is 156. The van der Waals surface area contributed by atoms with Gasteiger partial charge in [0, 0.05) is 6.04 Å². The fraction of sp³-hybridized carbons (Fsp3) is 0.556.